The van der Waals surface area contributed by atoms with Crippen LogP contribution in [0, 0.1) is 0 Å². The van der Waals surface area contributed by atoms with Gasteiger partial charge in [0.1, 0.15) is 5.75 Å². The molecule has 2 heterocycles. The fourth-order valence-corrected chi connectivity index (χ4v) is 3.56. The van der Waals surface area contributed by atoms with Gasteiger partial charge in [0.15, 0.2) is 0 Å². The summed E-state index contributed by atoms with van der Waals surface area (Å²) in [5, 5.41) is 6.76. The molecule has 3 aromatic rings. The summed E-state index contributed by atoms with van der Waals surface area (Å²) in [5.41, 5.74) is 3.27. The van der Waals surface area contributed by atoms with Gasteiger partial charge in [-0.1, -0.05) is 6.07 Å². The van der Waals surface area contributed by atoms with Crippen LogP contribution in [-0.2, 0) is 0 Å². The molecule has 0 saturated carbocycles. The van der Waals surface area contributed by atoms with Crippen molar-refractivity contribution in [1.29, 1.82) is 0 Å². The van der Waals surface area contributed by atoms with Crippen molar-refractivity contribution < 1.29 is 9.53 Å². The lowest BCUT2D eigenvalue weighted by molar-refractivity contribution is 0.262. The van der Waals surface area contributed by atoms with Crippen LogP contribution in [0.15, 0.2) is 54.7 Å². The Bertz CT molecular complexity index is 1010. The average molecular weight is 391 g/mol. The third kappa shape index (κ3) is 4.25. The normalized spacial score (nSPS) is 14.6. The highest BCUT2D eigenvalue weighted by Gasteiger charge is 2.18. The van der Waals surface area contributed by atoms with Gasteiger partial charge in [0.05, 0.1) is 24.0 Å². The molecule has 0 radical (unpaired) electrons. The first-order valence-electron chi connectivity index (χ1n) is 9.67. The molecule has 1 aliphatic heterocycles. The number of methoxy groups -OCH3 is 1. The number of hydrogen-bond acceptors (Lipinski definition) is 5. The number of anilines is 3. The molecule has 29 heavy (non-hydrogen) atoms. The van der Waals surface area contributed by atoms with E-state index in [-0.39, 0.29) is 6.03 Å². The van der Waals surface area contributed by atoms with E-state index >= 15 is 0 Å². The van der Waals surface area contributed by atoms with E-state index in [4.69, 9.17) is 4.74 Å². The van der Waals surface area contributed by atoms with Gasteiger partial charge in [0.2, 0.25) is 0 Å². The number of hydrogen-bond donors (Lipinski definition) is 2. The molecule has 0 spiro atoms. The van der Waals surface area contributed by atoms with Crippen molar-refractivity contribution in [3.05, 3.63) is 54.7 Å². The Labute approximate surface area is 170 Å². The number of pyridine rings is 1. The first-order valence-corrected chi connectivity index (χ1v) is 9.67. The number of rotatable bonds is 4. The highest BCUT2D eigenvalue weighted by atomic mass is 16.5. The zero-order chi connectivity index (χ0) is 20.2. The lowest BCUT2D eigenvalue weighted by atomic mass is 10.2. The lowest BCUT2D eigenvalue weighted by Crippen LogP contribution is -2.44. The van der Waals surface area contributed by atoms with Crippen LogP contribution < -0.4 is 20.3 Å². The monoisotopic (exact) mass is 391 g/mol. The van der Waals surface area contributed by atoms with Crippen LogP contribution in [0.2, 0.25) is 0 Å². The van der Waals surface area contributed by atoms with E-state index in [1.54, 1.807) is 13.3 Å². The Balaban J connectivity index is 1.51. The molecule has 0 atom stereocenters. The van der Waals surface area contributed by atoms with Crippen LogP contribution in [0.5, 0.6) is 5.75 Å². The number of nitrogens with one attached hydrogen (secondary N) is 2. The highest BCUT2D eigenvalue weighted by Crippen LogP contribution is 2.32. The number of carbonyl (C=O) groups is 1. The van der Waals surface area contributed by atoms with E-state index in [9.17, 15) is 4.79 Å². The zero-order valence-corrected chi connectivity index (χ0v) is 16.7. The van der Waals surface area contributed by atoms with Crippen LogP contribution in [0.4, 0.5) is 21.9 Å². The van der Waals surface area contributed by atoms with Gasteiger partial charge in [-0.2, -0.15) is 0 Å². The van der Waals surface area contributed by atoms with Gasteiger partial charge in [-0.05, 0) is 49.5 Å². The second kappa shape index (κ2) is 8.36. The summed E-state index contributed by atoms with van der Waals surface area (Å²) < 4.78 is 5.54. The fourth-order valence-electron chi connectivity index (χ4n) is 3.56. The molecule has 1 saturated heterocycles. The van der Waals surface area contributed by atoms with Crippen LogP contribution in [0.1, 0.15) is 0 Å². The maximum atomic E-state index is 12.6. The molecule has 0 unspecified atom stereocenters. The van der Waals surface area contributed by atoms with Crippen LogP contribution in [0.3, 0.4) is 0 Å². The molecule has 1 aromatic heterocycles. The van der Waals surface area contributed by atoms with Crippen molar-refractivity contribution >= 4 is 34.0 Å². The number of ether oxygens (including phenoxy) is 1. The van der Waals surface area contributed by atoms with Crippen LogP contribution in [-0.4, -0.2) is 56.3 Å². The molecule has 1 fully saturated rings. The molecule has 0 bridgehead atoms. The molecule has 7 heteroatoms. The summed E-state index contributed by atoms with van der Waals surface area (Å²) in [6.07, 6.45) is 1.74. The summed E-state index contributed by atoms with van der Waals surface area (Å²) in [5.74, 6) is 0.806. The van der Waals surface area contributed by atoms with Gasteiger partial charge in [-0.15, -0.1) is 0 Å². The van der Waals surface area contributed by atoms with E-state index in [2.05, 4.69) is 32.5 Å². The number of amides is 2. The Morgan fingerprint density at radius 3 is 2.66 bits per heavy atom. The van der Waals surface area contributed by atoms with Crippen molar-refractivity contribution in [3.63, 3.8) is 0 Å². The number of carbonyl (C=O) groups excluding carboxylic acids is 1. The Kier molecular flexibility index (Phi) is 5.48. The predicted octanol–water partition coefficient (Wildman–Crippen LogP) is 3.64. The molecule has 1 aliphatic rings. The van der Waals surface area contributed by atoms with E-state index < -0.39 is 0 Å². The topological polar surface area (TPSA) is 69.7 Å². The molecule has 2 amide bonds. The third-order valence-corrected chi connectivity index (χ3v) is 5.17. The van der Waals surface area contributed by atoms with Gasteiger partial charge in [0, 0.05) is 43.4 Å². The smallest absolute Gasteiger partial charge is 0.323 e. The second-order valence-corrected chi connectivity index (χ2v) is 7.13. The minimum Gasteiger partial charge on any atom is -0.495 e. The minimum atomic E-state index is -0.296. The maximum Gasteiger partial charge on any atom is 0.323 e. The fraction of sp³-hybridized carbons (Fsp3) is 0.273. The van der Waals surface area contributed by atoms with Crippen molar-refractivity contribution in [2.24, 2.45) is 0 Å². The average Bonchev–Trinajstić information content (AvgIpc) is 2.74. The van der Waals surface area contributed by atoms with Gasteiger partial charge >= 0.3 is 6.03 Å². The van der Waals surface area contributed by atoms with Crippen LogP contribution in [0.25, 0.3) is 10.9 Å². The predicted molar refractivity (Wildman–Crippen MR) is 117 cm³/mol. The Hall–Kier alpha value is -3.32. The lowest BCUT2D eigenvalue weighted by Gasteiger charge is -2.34. The molecule has 2 N–H and O–H groups in total. The number of nitrogens with zero attached hydrogens (tertiary/aromatic N) is 3. The number of fused-ring (bicyclic) bond motifs is 1. The summed E-state index contributed by atoms with van der Waals surface area (Å²) in [4.78, 5) is 21.5. The minimum absolute atomic E-state index is 0.296. The Morgan fingerprint density at radius 1 is 1.03 bits per heavy atom. The largest absolute Gasteiger partial charge is 0.495 e. The van der Waals surface area contributed by atoms with E-state index in [1.165, 1.54) is 0 Å². The first-order chi connectivity index (χ1) is 14.1. The maximum absolute atomic E-state index is 12.6. The summed E-state index contributed by atoms with van der Waals surface area (Å²) in [6.45, 7) is 3.84. The third-order valence-electron chi connectivity index (χ3n) is 5.17. The van der Waals surface area contributed by atoms with Gasteiger partial charge < -0.3 is 25.2 Å². The van der Waals surface area contributed by atoms with E-state index in [0.29, 0.717) is 0 Å². The molecule has 4 rings (SSSR count). The molecule has 7 nitrogen and oxygen atoms in total. The number of urea groups is 1. The Morgan fingerprint density at radius 2 is 1.86 bits per heavy atom. The van der Waals surface area contributed by atoms with Crippen molar-refractivity contribution in [3.8, 4) is 5.75 Å². The quantitative estimate of drug-likeness (QED) is 0.711. The van der Waals surface area contributed by atoms with Gasteiger partial charge in [-0.25, -0.2) is 4.79 Å². The second-order valence-electron chi connectivity index (χ2n) is 7.13. The number of benzene rings is 2. The van der Waals surface area contributed by atoms with Crippen molar-refractivity contribution in [2.75, 3.05) is 55.9 Å². The molecular weight excluding hydrogens is 366 g/mol. The van der Waals surface area contributed by atoms with Crippen LogP contribution >= 0.6 is 0 Å². The van der Waals surface area contributed by atoms with Gasteiger partial charge in [0.25, 0.3) is 0 Å². The molecule has 0 aliphatic carbocycles. The van der Waals surface area contributed by atoms with Crippen molar-refractivity contribution in [2.45, 2.75) is 0 Å². The molecule has 2 aromatic carbocycles. The first kappa shape index (κ1) is 19.0. The van der Waals surface area contributed by atoms with Crippen molar-refractivity contribution in [1.82, 2.24) is 9.88 Å². The standard InChI is InChI=1S/C22H25N5O2/c1-26-11-13-27(14-12-26)20-15-16(8-9-21(20)29-2)24-22(28)25-19-7-3-6-18-17(19)5-4-10-23-18/h3-10,15H,11-14H2,1-2H3,(H2,24,25,28). The van der Waals surface area contributed by atoms with E-state index in [1.807, 2.05) is 48.5 Å². The summed E-state index contributed by atoms with van der Waals surface area (Å²) in [7, 11) is 3.79. The summed E-state index contributed by atoms with van der Waals surface area (Å²) >= 11 is 0. The van der Waals surface area contributed by atoms with E-state index in [0.717, 1.165) is 59.9 Å². The number of aromatic nitrogens is 1. The highest BCUT2D eigenvalue weighted by molar-refractivity contribution is 6.05. The number of piperazine rings is 1. The van der Waals surface area contributed by atoms with Gasteiger partial charge in [-0.3, -0.25) is 4.98 Å². The molecule has 150 valence electrons. The number of likely N-dealkylation sites (N-methyl/N-ethyl adjacent to an activating group) is 1. The SMILES string of the molecule is COc1ccc(NC(=O)Nc2cccc3ncccc23)cc1N1CCN(C)CC1. The summed E-state index contributed by atoms with van der Waals surface area (Å²) in [6, 6.07) is 14.9. The zero-order valence-electron chi connectivity index (χ0n) is 16.7. The molecular formula is C22H25N5O2.